The number of carbonyl (C=O) groups is 1. The van der Waals surface area contributed by atoms with Crippen molar-refractivity contribution in [2.75, 3.05) is 26.6 Å². The van der Waals surface area contributed by atoms with E-state index in [9.17, 15) is 4.79 Å². The lowest BCUT2D eigenvalue weighted by Gasteiger charge is -2.17. The molecule has 0 saturated heterocycles. The predicted octanol–water partition coefficient (Wildman–Crippen LogP) is 2.33. The molecule has 0 aliphatic carbocycles. The highest BCUT2D eigenvalue weighted by Crippen LogP contribution is 2.36. The molecule has 6 heteroatoms. The Labute approximate surface area is 111 Å². The number of carbonyl (C=O) groups excluding carboxylic acids is 1. The van der Waals surface area contributed by atoms with E-state index in [1.54, 1.807) is 19.1 Å². The Morgan fingerprint density at radius 3 is 2.33 bits per heavy atom. The minimum absolute atomic E-state index is 0.371. The topological polar surface area (TPSA) is 56.8 Å². The molecule has 5 nitrogen and oxygen atoms in total. The Kier molecular flexibility index (Phi) is 5.09. The summed E-state index contributed by atoms with van der Waals surface area (Å²) in [5, 5.41) is 3.39. The number of nitrogens with one attached hydrogen (secondary N) is 1. The van der Waals surface area contributed by atoms with Crippen LogP contribution in [0.1, 0.15) is 6.92 Å². The molecule has 0 fully saturated rings. The second-order valence-electron chi connectivity index (χ2n) is 3.58. The van der Waals surface area contributed by atoms with Gasteiger partial charge in [-0.3, -0.25) is 0 Å². The van der Waals surface area contributed by atoms with E-state index in [0.29, 0.717) is 22.2 Å². The second kappa shape index (κ2) is 6.35. The standard InChI is InChI=1S/C12H16ClNO4/c1-7(12(15)18-4)14-9-5-8(13)10(16-2)6-11(9)17-3/h5-7,14H,1-4H3. The van der Waals surface area contributed by atoms with Crippen molar-refractivity contribution in [2.24, 2.45) is 0 Å². The highest BCUT2D eigenvalue weighted by atomic mass is 35.5. The number of esters is 1. The molecule has 1 atom stereocenters. The summed E-state index contributed by atoms with van der Waals surface area (Å²) < 4.78 is 14.9. The molecule has 0 aliphatic heterocycles. The summed E-state index contributed by atoms with van der Waals surface area (Å²) in [5.74, 6) is 0.667. The van der Waals surface area contributed by atoms with Crippen LogP contribution in [0, 0.1) is 0 Å². The van der Waals surface area contributed by atoms with Gasteiger partial charge in [-0.2, -0.15) is 0 Å². The molecule has 0 radical (unpaired) electrons. The fourth-order valence-electron chi connectivity index (χ4n) is 1.44. The van der Waals surface area contributed by atoms with Crippen LogP contribution in [0.25, 0.3) is 0 Å². The highest BCUT2D eigenvalue weighted by molar-refractivity contribution is 6.32. The molecule has 0 bridgehead atoms. The van der Waals surface area contributed by atoms with Crippen LogP contribution in [-0.2, 0) is 9.53 Å². The normalized spacial score (nSPS) is 11.6. The number of hydrogen-bond donors (Lipinski definition) is 1. The van der Waals surface area contributed by atoms with Gasteiger partial charge in [0.25, 0.3) is 0 Å². The van der Waals surface area contributed by atoms with Gasteiger partial charge in [-0.25, -0.2) is 4.79 Å². The lowest BCUT2D eigenvalue weighted by atomic mass is 10.2. The van der Waals surface area contributed by atoms with E-state index >= 15 is 0 Å². The van der Waals surface area contributed by atoms with Crippen LogP contribution in [0.5, 0.6) is 11.5 Å². The fourth-order valence-corrected chi connectivity index (χ4v) is 1.68. The van der Waals surface area contributed by atoms with Crippen molar-refractivity contribution >= 4 is 23.3 Å². The zero-order valence-electron chi connectivity index (χ0n) is 10.7. The van der Waals surface area contributed by atoms with Crippen LogP contribution in [0.4, 0.5) is 5.69 Å². The van der Waals surface area contributed by atoms with Gasteiger partial charge in [-0.15, -0.1) is 0 Å². The molecule has 18 heavy (non-hydrogen) atoms. The van der Waals surface area contributed by atoms with Crippen molar-refractivity contribution < 1.29 is 19.0 Å². The van der Waals surface area contributed by atoms with Gasteiger partial charge < -0.3 is 19.5 Å². The smallest absolute Gasteiger partial charge is 0.327 e. The van der Waals surface area contributed by atoms with Crippen molar-refractivity contribution in [3.05, 3.63) is 17.2 Å². The maximum atomic E-state index is 11.3. The molecule has 1 N–H and O–H groups in total. The molecule has 0 aliphatic rings. The molecule has 0 saturated carbocycles. The van der Waals surface area contributed by atoms with Gasteiger partial charge in [0.15, 0.2) is 0 Å². The molecule has 0 heterocycles. The van der Waals surface area contributed by atoms with Crippen LogP contribution in [0.2, 0.25) is 5.02 Å². The number of rotatable bonds is 5. The molecule has 100 valence electrons. The van der Waals surface area contributed by atoms with Crippen LogP contribution >= 0.6 is 11.6 Å². The van der Waals surface area contributed by atoms with E-state index in [2.05, 4.69) is 10.1 Å². The maximum absolute atomic E-state index is 11.3. The summed E-state index contributed by atoms with van der Waals surface area (Å²) in [7, 11) is 4.38. The van der Waals surface area contributed by atoms with E-state index in [1.165, 1.54) is 21.3 Å². The van der Waals surface area contributed by atoms with Crippen molar-refractivity contribution in [2.45, 2.75) is 13.0 Å². The van der Waals surface area contributed by atoms with E-state index in [1.807, 2.05) is 0 Å². The Morgan fingerprint density at radius 2 is 1.83 bits per heavy atom. The fraction of sp³-hybridized carbons (Fsp3) is 0.417. The Bertz CT molecular complexity index is 436. The summed E-state index contributed by atoms with van der Waals surface area (Å²) in [6.45, 7) is 1.68. The molecule has 0 amide bonds. The number of ether oxygens (including phenoxy) is 3. The number of anilines is 1. The van der Waals surface area contributed by atoms with E-state index < -0.39 is 6.04 Å². The zero-order valence-corrected chi connectivity index (χ0v) is 11.5. The summed E-state index contributed by atoms with van der Waals surface area (Å²) in [6, 6.07) is 2.78. The van der Waals surface area contributed by atoms with Crippen LogP contribution in [0.15, 0.2) is 12.1 Å². The summed E-state index contributed by atoms with van der Waals surface area (Å²) in [5.41, 5.74) is 0.598. The molecule has 1 aromatic rings. The first kappa shape index (κ1) is 14.4. The Hall–Kier alpha value is -1.62. The third-order valence-corrected chi connectivity index (χ3v) is 2.70. The molecule has 1 rings (SSSR count). The predicted molar refractivity (Wildman–Crippen MR) is 69.7 cm³/mol. The minimum atomic E-state index is -0.506. The Balaban J connectivity index is 3.01. The highest BCUT2D eigenvalue weighted by Gasteiger charge is 2.16. The monoisotopic (exact) mass is 273 g/mol. The average Bonchev–Trinajstić information content (AvgIpc) is 2.38. The van der Waals surface area contributed by atoms with Crippen LogP contribution in [0.3, 0.4) is 0 Å². The summed E-state index contributed by atoms with van der Waals surface area (Å²) >= 11 is 6.02. The third-order valence-electron chi connectivity index (χ3n) is 2.40. The average molecular weight is 274 g/mol. The molecular weight excluding hydrogens is 258 g/mol. The van der Waals surface area contributed by atoms with Gasteiger partial charge >= 0.3 is 5.97 Å². The SMILES string of the molecule is COC(=O)C(C)Nc1cc(Cl)c(OC)cc1OC. The van der Waals surface area contributed by atoms with Crippen molar-refractivity contribution in [1.29, 1.82) is 0 Å². The maximum Gasteiger partial charge on any atom is 0.327 e. The quantitative estimate of drug-likeness (QED) is 0.835. The molecule has 0 aromatic heterocycles. The molecule has 1 unspecified atom stereocenters. The number of halogens is 1. The number of benzene rings is 1. The second-order valence-corrected chi connectivity index (χ2v) is 3.98. The first-order chi connectivity index (χ1) is 8.53. The lowest BCUT2D eigenvalue weighted by Crippen LogP contribution is -2.27. The van der Waals surface area contributed by atoms with Crippen LogP contribution < -0.4 is 14.8 Å². The Morgan fingerprint density at radius 1 is 1.22 bits per heavy atom. The largest absolute Gasteiger partial charge is 0.495 e. The van der Waals surface area contributed by atoms with Gasteiger partial charge in [-0.05, 0) is 13.0 Å². The minimum Gasteiger partial charge on any atom is -0.495 e. The van der Waals surface area contributed by atoms with Gasteiger partial charge in [0.05, 0.1) is 32.0 Å². The lowest BCUT2D eigenvalue weighted by molar-refractivity contribution is -0.141. The van der Waals surface area contributed by atoms with Gasteiger partial charge in [0.1, 0.15) is 17.5 Å². The zero-order chi connectivity index (χ0) is 13.7. The first-order valence-electron chi connectivity index (χ1n) is 5.29. The van der Waals surface area contributed by atoms with E-state index in [4.69, 9.17) is 21.1 Å². The van der Waals surface area contributed by atoms with Gasteiger partial charge in [-0.1, -0.05) is 11.6 Å². The molecular formula is C12H16ClNO4. The van der Waals surface area contributed by atoms with Crippen molar-refractivity contribution in [3.63, 3.8) is 0 Å². The summed E-state index contributed by atoms with van der Waals surface area (Å²) in [4.78, 5) is 11.3. The number of hydrogen-bond acceptors (Lipinski definition) is 5. The molecule has 0 spiro atoms. The number of methoxy groups -OCH3 is 3. The van der Waals surface area contributed by atoms with Crippen molar-refractivity contribution in [1.82, 2.24) is 0 Å². The van der Waals surface area contributed by atoms with Crippen molar-refractivity contribution in [3.8, 4) is 11.5 Å². The van der Waals surface area contributed by atoms with Crippen LogP contribution in [-0.4, -0.2) is 33.3 Å². The van der Waals surface area contributed by atoms with Gasteiger partial charge in [0, 0.05) is 6.07 Å². The van der Waals surface area contributed by atoms with E-state index in [0.717, 1.165) is 0 Å². The summed E-state index contributed by atoms with van der Waals surface area (Å²) in [6.07, 6.45) is 0. The third kappa shape index (κ3) is 3.20. The molecule has 1 aromatic carbocycles. The first-order valence-corrected chi connectivity index (χ1v) is 5.67. The van der Waals surface area contributed by atoms with Gasteiger partial charge in [0.2, 0.25) is 0 Å². The van der Waals surface area contributed by atoms with E-state index in [-0.39, 0.29) is 5.97 Å².